The molecule has 5 atom stereocenters. The number of carboxylic acids is 6. The van der Waals surface area contributed by atoms with Gasteiger partial charge in [0.05, 0.1) is 11.8 Å². The summed E-state index contributed by atoms with van der Waals surface area (Å²) in [5, 5.41) is 63.1. The average Bonchev–Trinajstić information content (AvgIpc) is 3.21. The van der Waals surface area contributed by atoms with Gasteiger partial charge >= 0.3 is 35.8 Å². The van der Waals surface area contributed by atoms with Crippen molar-refractivity contribution in [3.63, 3.8) is 0 Å². The molecule has 0 rings (SSSR count). The maximum atomic E-state index is 12.7. The molecule has 0 aliphatic heterocycles. The molecule has 0 spiro atoms. The molecule has 0 aromatic rings. The van der Waals surface area contributed by atoms with Gasteiger partial charge < -0.3 is 52.3 Å². The highest BCUT2D eigenvalue weighted by Crippen LogP contribution is 2.18. The molecule has 0 aromatic heterocycles. The van der Waals surface area contributed by atoms with Gasteiger partial charge in [-0.25, -0.2) is 9.59 Å². The van der Waals surface area contributed by atoms with Crippen molar-refractivity contribution in [2.45, 2.75) is 179 Å². The topological polar surface area (TPSA) is 371 Å². The third-order valence-corrected chi connectivity index (χ3v) is 10.4. The van der Waals surface area contributed by atoms with E-state index in [9.17, 15) is 73.2 Å². The zero-order valence-corrected chi connectivity index (χ0v) is 35.9. The smallest absolute Gasteiger partial charge is 0.326 e. The van der Waals surface area contributed by atoms with Crippen molar-refractivity contribution < 1.29 is 84.8 Å². The molecule has 11 N–H and O–H groups in total. The summed E-state index contributed by atoms with van der Waals surface area (Å²) < 4.78 is 6.98. The van der Waals surface area contributed by atoms with Crippen LogP contribution in [0.4, 0.5) is 0 Å². The Bertz CT molecular complexity index is 1540. The van der Waals surface area contributed by atoms with Crippen LogP contribution in [0.2, 0.25) is 1.41 Å². The lowest BCUT2D eigenvalue weighted by Crippen LogP contribution is -2.41. The van der Waals surface area contributed by atoms with E-state index < -0.39 is 127 Å². The van der Waals surface area contributed by atoms with Crippen molar-refractivity contribution in [1.82, 2.24) is 16.0 Å². The van der Waals surface area contributed by atoms with Gasteiger partial charge in [0.2, 0.25) is 17.7 Å². The summed E-state index contributed by atoms with van der Waals surface area (Å²) >= 11 is 0. The fraction of sp³-hybridized carbons (Fsp3) is 0.738. The second kappa shape index (κ2) is 34.1. The first-order valence-corrected chi connectivity index (χ1v) is 21.7. The number of carbonyl (C=O) groups excluding carboxylic acids is 5. The third-order valence-electron chi connectivity index (χ3n) is 10.4. The van der Waals surface area contributed by atoms with Crippen LogP contribution in [-0.2, 0) is 52.7 Å². The van der Waals surface area contributed by atoms with Crippen molar-refractivity contribution in [2.24, 2.45) is 17.6 Å². The summed E-state index contributed by atoms with van der Waals surface area (Å²) in [6, 6.07) is -4.02. The number of aliphatic carboxylic acids is 6. The van der Waals surface area contributed by atoms with Gasteiger partial charge in [-0.2, -0.15) is 0 Å². The summed E-state index contributed by atoms with van der Waals surface area (Å²) in [6.07, 6.45) is 6.15. The molecule has 0 bridgehead atoms. The number of hydrogen-bond donors (Lipinski definition) is 10. The zero-order valence-electron chi connectivity index (χ0n) is 36.9. The molecule has 21 heteroatoms. The molecule has 358 valence electrons. The van der Waals surface area contributed by atoms with Crippen molar-refractivity contribution in [3.8, 4) is 0 Å². The van der Waals surface area contributed by atoms with Crippen molar-refractivity contribution in [1.29, 1.82) is 0 Å². The minimum atomic E-state index is -1.59. The van der Waals surface area contributed by atoms with E-state index in [4.69, 9.17) is 11.6 Å². The number of nitrogens with one attached hydrogen (secondary N) is 3. The lowest BCUT2D eigenvalue weighted by atomic mass is 9.93. The molecule has 0 aliphatic carbocycles. The van der Waals surface area contributed by atoms with E-state index in [0.29, 0.717) is 25.7 Å². The molecule has 3 amide bonds. The molecule has 21 nitrogen and oxygen atoms in total. The minimum Gasteiger partial charge on any atom is -0.481 e. The van der Waals surface area contributed by atoms with Crippen LogP contribution in [0.1, 0.15) is 161 Å². The SMILES string of the molecule is [2H]N[C@@H](CCCCNC(=O)CC[C@H](CC(=O)CC[C@H](NC(=O)CC[C@H](CC(=O)CC[C@H](NC(=O)CCCCCCCCCCCCC(=O)O)C(=O)O)C(=O)O)C(=O)O)C(=O)O)C(=O)O. The molecule has 0 unspecified atom stereocenters. The monoisotopic (exact) mass is 901 g/mol. The van der Waals surface area contributed by atoms with E-state index in [0.717, 1.165) is 51.4 Å². The van der Waals surface area contributed by atoms with Crippen LogP contribution >= 0.6 is 0 Å². The molecule has 0 saturated carbocycles. The molecule has 0 aliphatic rings. The standard InChI is InChI=1S/C42H68N4O17/c43-31(40(58)59)13-11-12-24-44-34(49)22-16-27(38(54)55)25-29(47)19-21-33(42(62)63)46-36(51)23-17-28(39(56)57)26-30(48)18-20-32(41(60)61)45-35(50)14-9-7-5-3-1-2-4-6-8-10-15-37(52)53/h27-28,31-33H,1-26,43H2,(H,44,49)(H,45,50)(H,46,51)(H,52,53)(H,54,55)(H,56,57)(H,58,59)(H,60,61)(H,62,63)/t27-,28-,31+,32+,33+/m1/s1/i/hD. The molecule has 63 heavy (non-hydrogen) atoms. The lowest BCUT2D eigenvalue weighted by molar-refractivity contribution is -0.145. The summed E-state index contributed by atoms with van der Waals surface area (Å²) in [4.78, 5) is 131. The summed E-state index contributed by atoms with van der Waals surface area (Å²) in [7, 11) is 0. The predicted molar refractivity (Wildman–Crippen MR) is 223 cm³/mol. The first-order chi connectivity index (χ1) is 30.3. The second-order valence-corrected chi connectivity index (χ2v) is 15.8. The highest BCUT2D eigenvalue weighted by molar-refractivity contribution is 5.88. The summed E-state index contributed by atoms with van der Waals surface area (Å²) in [6.45, 7) is 0.181. The number of amides is 3. The number of nitrogens with two attached hydrogens (primary N) is 1. The summed E-state index contributed by atoms with van der Waals surface area (Å²) in [5.41, 5.74) is 1.91. The Morgan fingerprint density at radius 3 is 1.22 bits per heavy atom. The number of rotatable bonds is 42. The first kappa shape index (κ1) is 55.5. The highest BCUT2D eigenvalue weighted by Gasteiger charge is 2.28. The van der Waals surface area contributed by atoms with Gasteiger partial charge in [-0.1, -0.05) is 51.4 Å². The normalized spacial score (nSPS) is 13.6. The maximum Gasteiger partial charge on any atom is 0.326 e. The van der Waals surface area contributed by atoms with E-state index in [1.165, 1.54) is 0 Å². The first-order valence-electron chi connectivity index (χ1n) is 22.2. The van der Waals surface area contributed by atoms with E-state index in [2.05, 4.69) is 16.0 Å². The van der Waals surface area contributed by atoms with Crippen molar-refractivity contribution >= 4 is 65.1 Å². The van der Waals surface area contributed by atoms with Crippen molar-refractivity contribution in [3.05, 3.63) is 0 Å². The molecular formula is C42H68N4O17. The van der Waals surface area contributed by atoms with Crippen LogP contribution in [0.3, 0.4) is 0 Å². The molecular weight excluding hydrogens is 832 g/mol. The third kappa shape index (κ3) is 31.1. The van der Waals surface area contributed by atoms with Gasteiger partial charge in [-0.05, 0) is 57.8 Å². The number of unbranched alkanes of at least 4 members (excludes halogenated alkanes) is 10. The Morgan fingerprint density at radius 1 is 0.413 bits per heavy atom. The quantitative estimate of drug-likeness (QED) is 0.0394. The van der Waals surface area contributed by atoms with Crippen molar-refractivity contribution in [2.75, 3.05) is 6.54 Å². The fourth-order valence-electron chi connectivity index (χ4n) is 6.54. The lowest BCUT2D eigenvalue weighted by Gasteiger charge is -2.17. The zero-order chi connectivity index (χ0) is 48.5. The Labute approximate surface area is 368 Å². The minimum absolute atomic E-state index is 0.0909. The molecule has 0 radical (unpaired) electrons. The van der Waals surface area contributed by atoms with Crippen LogP contribution in [0.25, 0.3) is 0 Å². The number of ketones is 2. The Morgan fingerprint density at radius 2 is 0.825 bits per heavy atom. The van der Waals surface area contributed by atoms with Crippen LogP contribution in [-0.4, -0.2) is 120 Å². The molecule has 0 heterocycles. The van der Waals surface area contributed by atoms with Gasteiger partial charge in [0, 0.05) is 57.9 Å². The Hall–Kier alpha value is -5.47. The Kier molecular flexibility index (Phi) is 30.0. The van der Waals surface area contributed by atoms with Gasteiger partial charge in [-0.15, -0.1) is 0 Å². The molecule has 0 aromatic carbocycles. The number of hydrogen-bond acceptors (Lipinski definition) is 12. The van der Waals surface area contributed by atoms with Crippen LogP contribution in [0.5, 0.6) is 0 Å². The van der Waals surface area contributed by atoms with E-state index >= 15 is 0 Å². The number of carboxylic acid groups (broad SMARTS) is 6. The van der Waals surface area contributed by atoms with Gasteiger partial charge in [-0.3, -0.25) is 43.2 Å². The van der Waals surface area contributed by atoms with Crippen LogP contribution in [0.15, 0.2) is 0 Å². The maximum absolute atomic E-state index is 12.7. The second-order valence-electron chi connectivity index (χ2n) is 15.8. The van der Waals surface area contributed by atoms with E-state index in [1.807, 2.05) is 5.73 Å². The van der Waals surface area contributed by atoms with Gasteiger partial charge in [0.15, 0.2) is 0 Å². The number of carbonyl (C=O) groups is 11. The fourth-order valence-corrected chi connectivity index (χ4v) is 6.54. The summed E-state index contributed by atoms with van der Waals surface area (Å²) in [5.74, 6) is -13.4. The van der Waals surface area contributed by atoms with Gasteiger partial charge in [0.25, 0.3) is 0 Å². The predicted octanol–water partition coefficient (Wildman–Crippen LogP) is 3.03. The van der Waals surface area contributed by atoms with Crippen LogP contribution < -0.4 is 21.7 Å². The highest BCUT2D eigenvalue weighted by atomic mass is 16.4. The average molecular weight is 902 g/mol. The van der Waals surface area contributed by atoms with Crippen LogP contribution in [0, 0.1) is 11.8 Å². The Balaban J connectivity index is 4.68. The van der Waals surface area contributed by atoms with Gasteiger partial charge in [0.1, 0.15) is 31.1 Å². The largest absolute Gasteiger partial charge is 0.481 e. The van der Waals surface area contributed by atoms with E-state index in [1.54, 1.807) is 0 Å². The molecule has 0 saturated heterocycles. The van der Waals surface area contributed by atoms with E-state index in [-0.39, 0.29) is 57.9 Å². The molecule has 0 fully saturated rings. The number of Topliss-reactive ketones (excluding diaryl/α,β-unsaturated/α-hetero) is 2.